The predicted molar refractivity (Wildman–Crippen MR) is 135 cm³/mol. The number of benzene rings is 3. The number of fused-ring (bicyclic) bond motifs is 2. The van der Waals surface area contributed by atoms with Crippen LogP contribution in [0.2, 0.25) is 0 Å². The Kier molecular flexibility index (Phi) is 5.49. The maximum Gasteiger partial charge on any atom is 0.322 e. The van der Waals surface area contributed by atoms with Crippen LogP contribution in [0.5, 0.6) is 0 Å². The number of amides is 2. The van der Waals surface area contributed by atoms with E-state index in [1.54, 1.807) is 30.1 Å². The number of nitrogens with one attached hydrogen (secondary N) is 2. The van der Waals surface area contributed by atoms with Gasteiger partial charge in [-0.15, -0.1) is 0 Å². The first-order valence-electron chi connectivity index (χ1n) is 10.2. The maximum absolute atomic E-state index is 13.4. The number of sulfonamides is 1. The molecule has 0 fully saturated rings. The summed E-state index contributed by atoms with van der Waals surface area (Å²) in [6.45, 7) is 0.559. The largest absolute Gasteiger partial charge is 0.322 e. The molecule has 0 aliphatic carbocycles. The van der Waals surface area contributed by atoms with Crippen molar-refractivity contribution in [2.45, 2.75) is 18.0 Å². The van der Waals surface area contributed by atoms with Crippen LogP contribution in [0.25, 0.3) is 10.8 Å². The van der Waals surface area contributed by atoms with Gasteiger partial charge in [0.25, 0.3) is 10.0 Å². The van der Waals surface area contributed by atoms with Crippen LogP contribution in [0, 0.1) is 3.57 Å². The highest BCUT2D eigenvalue weighted by Gasteiger charge is 2.32. The van der Waals surface area contributed by atoms with Crippen molar-refractivity contribution in [3.63, 3.8) is 0 Å². The fraction of sp³-hybridized carbons (Fsp3) is 0.130. The molecule has 1 aliphatic heterocycles. The van der Waals surface area contributed by atoms with Crippen LogP contribution in [0.1, 0.15) is 11.3 Å². The van der Waals surface area contributed by atoms with E-state index in [9.17, 15) is 13.2 Å². The Morgan fingerprint density at radius 3 is 2.48 bits per heavy atom. The van der Waals surface area contributed by atoms with Gasteiger partial charge in [0.05, 0.1) is 23.7 Å². The van der Waals surface area contributed by atoms with Crippen molar-refractivity contribution in [3.8, 4) is 0 Å². The van der Waals surface area contributed by atoms with Crippen molar-refractivity contribution >= 4 is 60.9 Å². The minimum absolute atomic E-state index is 0.199. The molecule has 8 nitrogen and oxygen atoms in total. The number of aryl methyl sites for hydroxylation is 1. The zero-order chi connectivity index (χ0) is 23.2. The first-order chi connectivity index (χ1) is 15.8. The number of rotatable bonds is 4. The number of hydrogen-bond donors (Lipinski definition) is 2. The lowest BCUT2D eigenvalue weighted by molar-refractivity contribution is 0.212. The van der Waals surface area contributed by atoms with E-state index in [1.807, 2.05) is 48.5 Å². The molecule has 10 heteroatoms. The van der Waals surface area contributed by atoms with Gasteiger partial charge in [-0.25, -0.2) is 13.2 Å². The highest BCUT2D eigenvalue weighted by molar-refractivity contribution is 14.1. The second-order valence-electron chi connectivity index (χ2n) is 7.75. The highest BCUT2D eigenvalue weighted by Crippen LogP contribution is 2.32. The summed E-state index contributed by atoms with van der Waals surface area (Å²) < 4.78 is 32.0. The van der Waals surface area contributed by atoms with Gasteiger partial charge in [0.2, 0.25) is 0 Å². The van der Waals surface area contributed by atoms with Crippen LogP contribution < -0.4 is 10.0 Å². The first kappa shape index (κ1) is 21.7. The van der Waals surface area contributed by atoms with Crippen LogP contribution in [0.15, 0.2) is 71.6 Å². The third kappa shape index (κ3) is 4.04. The minimum atomic E-state index is -3.89. The van der Waals surface area contributed by atoms with Crippen LogP contribution in [-0.2, 0) is 30.2 Å². The normalized spacial score (nSPS) is 13.2. The van der Waals surface area contributed by atoms with E-state index < -0.39 is 10.0 Å². The maximum atomic E-state index is 13.4. The molecule has 1 aromatic heterocycles. The molecule has 2 heterocycles. The molecular formula is C23H20IN5O3S. The average molecular weight is 573 g/mol. The fourth-order valence-corrected chi connectivity index (χ4v) is 6.02. The van der Waals surface area contributed by atoms with Crippen LogP contribution in [0.3, 0.4) is 0 Å². The monoisotopic (exact) mass is 573 g/mol. The molecule has 4 aromatic rings. The number of para-hydroxylation sites is 1. The van der Waals surface area contributed by atoms with Crippen LogP contribution >= 0.6 is 22.6 Å². The summed E-state index contributed by atoms with van der Waals surface area (Å²) in [6, 6.07) is 19.7. The second-order valence-corrected chi connectivity index (χ2v) is 10.6. The number of carbonyl (C=O) groups is 1. The second kappa shape index (κ2) is 8.34. The number of aromatic nitrogens is 2. The fourth-order valence-electron chi connectivity index (χ4n) is 4.00. The van der Waals surface area contributed by atoms with Gasteiger partial charge in [0, 0.05) is 27.3 Å². The topological polar surface area (TPSA) is 96.3 Å². The van der Waals surface area contributed by atoms with E-state index in [0.29, 0.717) is 34.7 Å². The van der Waals surface area contributed by atoms with E-state index in [2.05, 4.69) is 37.7 Å². The Bertz CT molecular complexity index is 1490. The molecule has 33 heavy (non-hydrogen) atoms. The molecule has 0 atom stereocenters. The minimum Gasteiger partial charge on any atom is -0.314 e. The summed E-state index contributed by atoms with van der Waals surface area (Å²) >= 11 is 2.20. The van der Waals surface area contributed by atoms with Crippen molar-refractivity contribution in [2.24, 2.45) is 7.05 Å². The smallest absolute Gasteiger partial charge is 0.314 e. The quantitative estimate of drug-likeness (QED) is 0.351. The number of hydrogen-bond acceptors (Lipinski definition) is 4. The summed E-state index contributed by atoms with van der Waals surface area (Å²) in [5, 5.41) is 8.83. The van der Waals surface area contributed by atoms with E-state index >= 15 is 0 Å². The molecule has 3 aromatic carbocycles. The van der Waals surface area contributed by atoms with Crippen molar-refractivity contribution in [1.82, 2.24) is 14.7 Å². The van der Waals surface area contributed by atoms with Gasteiger partial charge in [0.15, 0.2) is 0 Å². The Morgan fingerprint density at radius 2 is 1.70 bits per heavy atom. The highest BCUT2D eigenvalue weighted by atomic mass is 127. The van der Waals surface area contributed by atoms with E-state index in [4.69, 9.17) is 0 Å². The van der Waals surface area contributed by atoms with Gasteiger partial charge >= 0.3 is 6.03 Å². The molecule has 2 amide bonds. The SMILES string of the molecule is Cn1nc2c(c1NS(=O)(=O)c1cccc3c(I)cccc13)CN(C(=O)Nc1ccccc1)C2. The van der Waals surface area contributed by atoms with E-state index in [1.165, 1.54) is 4.68 Å². The summed E-state index contributed by atoms with van der Waals surface area (Å²) in [5.74, 6) is 0.364. The third-order valence-electron chi connectivity index (χ3n) is 5.58. The van der Waals surface area contributed by atoms with Gasteiger partial charge in [-0.3, -0.25) is 9.40 Å². The van der Waals surface area contributed by atoms with Crippen molar-refractivity contribution in [1.29, 1.82) is 0 Å². The summed E-state index contributed by atoms with van der Waals surface area (Å²) in [6.07, 6.45) is 0. The average Bonchev–Trinajstić information content (AvgIpc) is 3.33. The van der Waals surface area contributed by atoms with Crippen LogP contribution in [-0.4, -0.2) is 29.1 Å². The number of anilines is 2. The number of urea groups is 1. The van der Waals surface area contributed by atoms with E-state index in [-0.39, 0.29) is 17.5 Å². The molecule has 5 rings (SSSR count). The van der Waals surface area contributed by atoms with Gasteiger partial charge in [-0.2, -0.15) is 5.10 Å². The number of halogens is 1. The van der Waals surface area contributed by atoms with Gasteiger partial charge in [0.1, 0.15) is 5.82 Å². The van der Waals surface area contributed by atoms with Crippen LogP contribution in [0.4, 0.5) is 16.3 Å². The number of carbonyl (C=O) groups excluding carboxylic acids is 1. The zero-order valence-electron chi connectivity index (χ0n) is 17.6. The Morgan fingerprint density at radius 1 is 0.970 bits per heavy atom. The molecular weight excluding hydrogens is 553 g/mol. The Hall–Kier alpha value is -3.12. The molecule has 0 saturated carbocycles. The predicted octanol–water partition coefficient (Wildman–Crippen LogP) is 4.53. The molecule has 2 N–H and O–H groups in total. The zero-order valence-corrected chi connectivity index (χ0v) is 20.6. The van der Waals surface area contributed by atoms with Crippen molar-refractivity contribution in [2.75, 3.05) is 10.0 Å². The van der Waals surface area contributed by atoms with E-state index in [0.717, 1.165) is 8.96 Å². The molecule has 0 bridgehead atoms. The third-order valence-corrected chi connectivity index (χ3v) is 7.92. The van der Waals surface area contributed by atoms with Gasteiger partial charge < -0.3 is 10.2 Å². The lowest BCUT2D eigenvalue weighted by Gasteiger charge is -2.18. The molecule has 0 saturated heterocycles. The molecule has 0 radical (unpaired) electrons. The first-order valence-corrected chi connectivity index (χ1v) is 12.8. The molecule has 0 spiro atoms. The van der Waals surface area contributed by atoms with Gasteiger partial charge in [-0.1, -0.05) is 42.5 Å². The van der Waals surface area contributed by atoms with Crippen molar-refractivity contribution in [3.05, 3.63) is 81.6 Å². The summed E-state index contributed by atoms with van der Waals surface area (Å²) in [7, 11) is -2.20. The Balaban J connectivity index is 1.42. The molecule has 1 aliphatic rings. The molecule has 168 valence electrons. The van der Waals surface area contributed by atoms with Gasteiger partial charge in [-0.05, 0) is 52.2 Å². The lowest BCUT2D eigenvalue weighted by Crippen LogP contribution is -2.31. The standard InChI is InChI=1S/C23H20IN5O3S/c1-28-22(27-33(31,32)21-12-6-9-16-17(21)10-5-11-19(16)24)18-13-29(14-20(18)26-28)23(30)25-15-7-3-2-4-8-15/h2-12,27H,13-14H2,1H3,(H,25,30). The summed E-state index contributed by atoms with van der Waals surface area (Å²) in [5.41, 5.74) is 2.06. The summed E-state index contributed by atoms with van der Waals surface area (Å²) in [4.78, 5) is 14.5. The van der Waals surface area contributed by atoms with Crippen molar-refractivity contribution < 1.29 is 13.2 Å². The Labute approximate surface area is 204 Å². The molecule has 0 unspecified atom stereocenters. The lowest BCUT2D eigenvalue weighted by atomic mass is 10.1. The number of nitrogens with zero attached hydrogens (tertiary/aromatic N) is 3.